The highest BCUT2D eigenvalue weighted by atomic mass is 15.1. The Bertz CT molecular complexity index is 3290. The lowest BCUT2D eigenvalue weighted by molar-refractivity contribution is 1.31. The van der Waals surface area contributed by atoms with E-state index < -0.39 is 0 Å². The van der Waals surface area contributed by atoms with Crippen LogP contribution >= 0.6 is 0 Å². The highest BCUT2D eigenvalue weighted by Crippen LogP contribution is 2.50. The molecule has 0 aromatic heterocycles. The quantitative estimate of drug-likeness (QED) is 0.154. The molecule has 0 heterocycles. The summed E-state index contributed by atoms with van der Waals surface area (Å²) < 4.78 is 0. The van der Waals surface area contributed by atoms with Gasteiger partial charge in [-0.3, -0.25) is 0 Å². The fraction of sp³-hybridized carbons (Fsp3) is 0. The molecule has 0 fully saturated rings. The molecule has 0 unspecified atom stereocenters. The zero-order chi connectivity index (χ0) is 37.7. The number of fused-ring (bicyclic) bond motifs is 7. The maximum atomic E-state index is 2.49. The van der Waals surface area contributed by atoms with Crippen LogP contribution in [0.5, 0.6) is 0 Å². The van der Waals surface area contributed by atoms with Crippen molar-refractivity contribution in [3.05, 3.63) is 224 Å². The van der Waals surface area contributed by atoms with Crippen LogP contribution < -0.4 is 4.90 Å². The van der Waals surface area contributed by atoms with E-state index in [1.807, 2.05) is 0 Å². The summed E-state index contributed by atoms with van der Waals surface area (Å²) in [6.07, 6.45) is 0. The lowest BCUT2D eigenvalue weighted by atomic mass is 9.88. The van der Waals surface area contributed by atoms with E-state index in [9.17, 15) is 0 Å². The van der Waals surface area contributed by atoms with Crippen LogP contribution in [-0.4, -0.2) is 0 Å². The van der Waals surface area contributed by atoms with Crippen molar-refractivity contribution in [1.29, 1.82) is 0 Å². The largest absolute Gasteiger partial charge is 0.309 e. The normalized spacial score (nSPS) is 11.5. The molecule has 0 aliphatic carbocycles. The first-order chi connectivity index (χ1) is 28.3. The first-order valence-corrected chi connectivity index (χ1v) is 19.7. The van der Waals surface area contributed by atoms with E-state index >= 15 is 0 Å². The molecule has 0 aliphatic rings. The van der Waals surface area contributed by atoms with Gasteiger partial charge in [0.15, 0.2) is 0 Å². The molecule has 0 aliphatic heterocycles. The smallest absolute Gasteiger partial charge is 0.0624 e. The van der Waals surface area contributed by atoms with Gasteiger partial charge < -0.3 is 4.90 Å². The van der Waals surface area contributed by atoms with Gasteiger partial charge in [0, 0.05) is 22.3 Å². The van der Waals surface area contributed by atoms with Crippen molar-refractivity contribution in [1.82, 2.24) is 0 Å². The van der Waals surface area contributed by atoms with Crippen molar-refractivity contribution < 1.29 is 0 Å². The molecule has 11 aromatic rings. The summed E-state index contributed by atoms with van der Waals surface area (Å²) in [6, 6.07) is 82.2. The summed E-state index contributed by atoms with van der Waals surface area (Å²) >= 11 is 0. The van der Waals surface area contributed by atoms with Crippen LogP contribution in [0.25, 0.3) is 87.2 Å². The molecule has 0 atom stereocenters. The Morgan fingerprint density at radius 2 is 0.719 bits per heavy atom. The summed E-state index contributed by atoms with van der Waals surface area (Å²) in [7, 11) is 0. The highest BCUT2D eigenvalue weighted by Gasteiger charge is 2.24. The molecule has 1 nitrogen and oxygen atoms in total. The average Bonchev–Trinajstić information content (AvgIpc) is 3.29. The number of rotatable bonds is 6. The van der Waals surface area contributed by atoms with Gasteiger partial charge in [-0.25, -0.2) is 0 Å². The summed E-state index contributed by atoms with van der Waals surface area (Å²) in [5, 5.41) is 12.4. The Balaban J connectivity index is 1.17. The van der Waals surface area contributed by atoms with Crippen molar-refractivity contribution >= 4 is 70.9 Å². The molecule has 57 heavy (non-hydrogen) atoms. The van der Waals surface area contributed by atoms with Gasteiger partial charge in [0.1, 0.15) is 0 Å². The minimum absolute atomic E-state index is 1.10. The zero-order valence-electron chi connectivity index (χ0n) is 31.3. The lowest BCUT2D eigenvalue weighted by Gasteiger charge is -2.31. The highest BCUT2D eigenvalue weighted by molar-refractivity contribution is 6.22. The molecular weight excluding hydrogens is 687 g/mol. The Kier molecular flexibility index (Phi) is 7.89. The van der Waals surface area contributed by atoms with Crippen molar-refractivity contribution in [2.75, 3.05) is 4.90 Å². The summed E-state index contributed by atoms with van der Waals surface area (Å²) in [5.74, 6) is 0. The van der Waals surface area contributed by atoms with E-state index in [2.05, 4.69) is 229 Å². The van der Waals surface area contributed by atoms with Crippen molar-refractivity contribution in [3.8, 4) is 33.4 Å². The van der Waals surface area contributed by atoms with Crippen LogP contribution in [-0.2, 0) is 0 Å². The third-order valence-electron chi connectivity index (χ3n) is 11.6. The van der Waals surface area contributed by atoms with Gasteiger partial charge in [-0.15, -0.1) is 0 Å². The maximum absolute atomic E-state index is 2.49. The molecule has 0 amide bonds. The summed E-state index contributed by atoms with van der Waals surface area (Å²) in [4.78, 5) is 2.49. The average molecular weight is 724 g/mol. The molecule has 0 saturated heterocycles. The fourth-order valence-electron chi connectivity index (χ4n) is 8.84. The Morgan fingerprint density at radius 3 is 1.51 bits per heavy atom. The topological polar surface area (TPSA) is 3.24 Å². The molecule has 11 rings (SSSR count). The molecule has 0 spiro atoms. The van der Waals surface area contributed by atoms with Gasteiger partial charge in [0.2, 0.25) is 0 Å². The summed E-state index contributed by atoms with van der Waals surface area (Å²) in [5.41, 5.74) is 10.6. The third kappa shape index (κ3) is 5.72. The monoisotopic (exact) mass is 723 g/mol. The minimum Gasteiger partial charge on any atom is -0.309 e. The Hall–Kier alpha value is -7.48. The number of anilines is 3. The van der Waals surface area contributed by atoms with Gasteiger partial charge in [0.25, 0.3) is 0 Å². The van der Waals surface area contributed by atoms with Crippen molar-refractivity contribution in [2.45, 2.75) is 0 Å². The van der Waals surface area contributed by atoms with Gasteiger partial charge in [-0.1, -0.05) is 188 Å². The first kappa shape index (κ1) is 32.9. The fourth-order valence-corrected chi connectivity index (χ4v) is 8.84. The second kappa shape index (κ2) is 13.7. The lowest BCUT2D eigenvalue weighted by Crippen LogP contribution is -2.12. The van der Waals surface area contributed by atoms with E-state index in [-0.39, 0.29) is 0 Å². The SMILES string of the molecule is c1ccc(-c2cccc(-c3c(N(c4ccc(-c5ccc6ccc7ccccc7c6c5)cc4)c4ccc5ccccc5c4)c4ccccc4c4ccccc34)c2)cc1. The predicted molar refractivity (Wildman–Crippen MR) is 245 cm³/mol. The van der Waals surface area contributed by atoms with Crippen LogP contribution in [0.2, 0.25) is 0 Å². The second-order valence-corrected chi connectivity index (χ2v) is 14.9. The van der Waals surface area contributed by atoms with E-state index in [0.29, 0.717) is 0 Å². The van der Waals surface area contributed by atoms with Gasteiger partial charge in [0.05, 0.1) is 5.69 Å². The number of hydrogen-bond acceptors (Lipinski definition) is 1. The van der Waals surface area contributed by atoms with Crippen LogP contribution in [0.1, 0.15) is 0 Å². The molecular formula is C56H37N. The third-order valence-corrected chi connectivity index (χ3v) is 11.6. The number of hydrogen-bond donors (Lipinski definition) is 0. The van der Waals surface area contributed by atoms with Gasteiger partial charge in [-0.05, 0) is 113 Å². The van der Waals surface area contributed by atoms with Crippen LogP contribution in [0.3, 0.4) is 0 Å². The van der Waals surface area contributed by atoms with Gasteiger partial charge in [-0.2, -0.15) is 0 Å². The first-order valence-electron chi connectivity index (χ1n) is 19.7. The zero-order valence-corrected chi connectivity index (χ0v) is 31.3. The molecule has 0 radical (unpaired) electrons. The minimum atomic E-state index is 1.10. The van der Waals surface area contributed by atoms with Crippen LogP contribution in [0.4, 0.5) is 17.1 Å². The second-order valence-electron chi connectivity index (χ2n) is 14.9. The van der Waals surface area contributed by atoms with Crippen molar-refractivity contribution in [3.63, 3.8) is 0 Å². The van der Waals surface area contributed by atoms with Crippen LogP contribution in [0, 0.1) is 0 Å². The predicted octanol–water partition coefficient (Wildman–Crippen LogP) is 15.9. The number of nitrogens with zero attached hydrogens (tertiary/aromatic N) is 1. The molecule has 0 N–H and O–H groups in total. The van der Waals surface area contributed by atoms with E-state index in [0.717, 1.165) is 17.1 Å². The Labute approximate surface area is 332 Å². The molecule has 266 valence electrons. The van der Waals surface area contributed by atoms with Crippen LogP contribution in [0.15, 0.2) is 224 Å². The standard InChI is InChI=1S/C56H37N/c1-2-13-38(14-3-1)43-18-12-19-46(35-43)55-52-23-10-8-21-50(52)51-22-9-11-24-53(51)56(55)57(48-34-31-39-15-4-5-17-44(39)36-48)47-32-29-40(30-33-47)45-28-27-42-26-25-41-16-6-7-20-49(41)54(42)37-45/h1-37H. The number of benzene rings is 11. The van der Waals surface area contributed by atoms with E-state index in [1.165, 1.54) is 87.2 Å². The molecule has 1 heteroatoms. The van der Waals surface area contributed by atoms with E-state index in [4.69, 9.17) is 0 Å². The van der Waals surface area contributed by atoms with E-state index in [1.54, 1.807) is 0 Å². The molecule has 0 saturated carbocycles. The molecule has 0 bridgehead atoms. The molecule has 11 aromatic carbocycles. The summed E-state index contributed by atoms with van der Waals surface area (Å²) in [6.45, 7) is 0. The maximum Gasteiger partial charge on any atom is 0.0624 e. The van der Waals surface area contributed by atoms with Crippen molar-refractivity contribution in [2.24, 2.45) is 0 Å². The van der Waals surface area contributed by atoms with Gasteiger partial charge >= 0.3 is 0 Å². The Morgan fingerprint density at radius 1 is 0.228 bits per heavy atom.